The Labute approximate surface area is 161 Å². The molecule has 7 heteroatoms. The van der Waals surface area contributed by atoms with Crippen molar-refractivity contribution in [2.24, 2.45) is 0 Å². The van der Waals surface area contributed by atoms with Gasteiger partial charge in [0, 0.05) is 16.3 Å². The third kappa shape index (κ3) is 4.35. The van der Waals surface area contributed by atoms with Crippen LogP contribution < -0.4 is 5.32 Å². The van der Waals surface area contributed by atoms with Crippen LogP contribution in [0.5, 0.6) is 0 Å². The zero-order valence-corrected chi connectivity index (χ0v) is 15.5. The highest BCUT2D eigenvalue weighted by atomic mass is 35.5. The summed E-state index contributed by atoms with van der Waals surface area (Å²) in [5.74, 6) is -0.799. The first-order valence-electron chi connectivity index (χ1n) is 8.20. The molecular weight excluding hydrogens is 368 g/mol. The molecule has 0 aliphatic carbocycles. The van der Waals surface area contributed by atoms with Crippen molar-refractivity contribution in [2.45, 2.75) is 13.8 Å². The molecule has 3 aromatic rings. The number of esters is 1. The van der Waals surface area contributed by atoms with Crippen molar-refractivity contribution in [3.63, 3.8) is 0 Å². The maximum atomic E-state index is 12.5. The van der Waals surface area contributed by atoms with Gasteiger partial charge in [0.05, 0.1) is 0 Å². The monoisotopic (exact) mass is 384 g/mol. The van der Waals surface area contributed by atoms with E-state index >= 15 is 0 Å². The topological polar surface area (TPSA) is 81.4 Å². The molecule has 0 aliphatic rings. The molecule has 0 radical (unpaired) electrons. The second-order valence-corrected chi connectivity index (χ2v) is 6.35. The van der Waals surface area contributed by atoms with E-state index in [1.165, 1.54) is 0 Å². The Morgan fingerprint density at radius 1 is 1.15 bits per heavy atom. The number of rotatable bonds is 5. The fourth-order valence-electron chi connectivity index (χ4n) is 2.56. The smallest absolute Gasteiger partial charge is 0.344 e. The molecule has 0 fully saturated rings. The summed E-state index contributed by atoms with van der Waals surface area (Å²) < 4.78 is 10.3. The van der Waals surface area contributed by atoms with Crippen molar-refractivity contribution in [1.82, 2.24) is 5.16 Å². The van der Waals surface area contributed by atoms with Crippen LogP contribution in [0.15, 0.2) is 53.1 Å². The maximum Gasteiger partial charge on any atom is 0.344 e. The van der Waals surface area contributed by atoms with Gasteiger partial charge in [-0.1, -0.05) is 47.1 Å². The fraction of sp³-hybridized carbons (Fsp3) is 0.150. The van der Waals surface area contributed by atoms with Crippen molar-refractivity contribution in [2.75, 3.05) is 11.9 Å². The summed E-state index contributed by atoms with van der Waals surface area (Å²) in [6.45, 7) is 3.01. The summed E-state index contributed by atoms with van der Waals surface area (Å²) in [6.07, 6.45) is 0. The number of nitrogens with one attached hydrogen (secondary N) is 1. The van der Waals surface area contributed by atoms with Gasteiger partial charge in [-0.05, 0) is 37.6 Å². The summed E-state index contributed by atoms with van der Waals surface area (Å²) in [5, 5.41) is 7.20. The Hall–Kier alpha value is -3.12. The molecule has 0 atom stereocenters. The molecule has 0 spiro atoms. The van der Waals surface area contributed by atoms with Crippen LogP contribution in [0.2, 0.25) is 5.02 Å². The first-order valence-corrected chi connectivity index (χ1v) is 8.58. The van der Waals surface area contributed by atoms with Crippen molar-refractivity contribution in [3.05, 3.63) is 70.4 Å². The number of ether oxygens (including phenoxy) is 1. The summed E-state index contributed by atoms with van der Waals surface area (Å²) >= 11 is 5.90. The first-order chi connectivity index (χ1) is 13.0. The summed E-state index contributed by atoms with van der Waals surface area (Å²) in [4.78, 5) is 24.6. The third-order valence-corrected chi connectivity index (χ3v) is 4.15. The molecule has 0 saturated carbocycles. The normalized spacial score (nSPS) is 10.5. The second kappa shape index (κ2) is 8.05. The quantitative estimate of drug-likeness (QED) is 0.659. The number of carbonyl (C=O) groups is 2. The highest BCUT2D eigenvalue weighted by molar-refractivity contribution is 6.30. The van der Waals surface area contributed by atoms with Crippen LogP contribution >= 0.6 is 11.6 Å². The minimum atomic E-state index is -0.671. The number of benzene rings is 2. The molecule has 138 valence electrons. The van der Waals surface area contributed by atoms with E-state index in [-0.39, 0.29) is 5.56 Å². The molecule has 0 aliphatic heterocycles. The van der Waals surface area contributed by atoms with Crippen LogP contribution in [0, 0.1) is 13.8 Å². The molecule has 1 N–H and O–H groups in total. The van der Waals surface area contributed by atoms with Crippen LogP contribution in [0.25, 0.3) is 11.3 Å². The summed E-state index contributed by atoms with van der Waals surface area (Å²) in [7, 11) is 0. The van der Waals surface area contributed by atoms with E-state index in [9.17, 15) is 9.59 Å². The fourth-order valence-corrected chi connectivity index (χ4v) is 2.79. The van der Waals surface area contributed by atoms with Gasteiger partial charge < -0.3 is 14.6 Å². The number of carbonyl (C=O) groups excluding carboxylic acids is 2. The van der Waals surface area contributed by atoms with Gasteiger partial charge in [-0.2, -0.15) is 0 Å². The number of aryl methyl sites for hydroxylation is 2. The lowest BCUT2D eigenvalue weighted by molar-refractivity contribution is -0.119. The lowest BCUT2D eigenvalue weighted by Crippen LogP contribution is -2.21. The lowest BCUT2D eigenvalue weighted by Gasteiger charge is -2.09. The Balaban J connectivity index is 1.68. The SMILES string of the molecule is Cc1cc(Cl)ccc1NC(=O)COC(=O)c1c(-c2ccccc2)noc1C. The second-order valence-electron chi connectivity index (χ2n) is 5.91. The van der Waals surface area contributed by atoms with Crippen LogP contribution in [0.4, 0.5) is 5.69 Å². The Morgan fingerprint density at radius 3 is 2.59 bits per heavy atom. The molecule has 1 heterocycles. The van der Waals surface area contributed by atoms with Gasteiger partial charge in [-0.25, -0.2) is 4.79 Å². The molecular formula is C20H17ClN2O4. The molecule has 1 aromatic heterocycles. The highest BCUT2D eigenvalue weighted by Gasteiger charge is 2.23. The van der Waals surface area contributed by atoms with Gasteiger partial charge in [0.25, 0.3) is 5.91 Å². The third-order valence-electron chi connectivity index (χ3n) is 3.91. The van der Waals surface area contributed by atoms with Crippen molar-refractivity contribution >= 4 is 29.2 Å². The molecule has 0 saturated heterocycles. The Bertz CT molecular complexity index is 983. The number of nitrogens with zero attached hydrogens (tertiary/aromatic N) is 1. The Kier molecular flexibility index (Phi) is 5.57. The predicted molar refractivity (Wildman–Crippen MR) is 102 cm³/mol. The number of halogens is 1. The van der Waals surface area contributed by atoms with Gasteiger partial charge >= 0.3 is 5.97 Å². The van der Waals surface area contributed by atoms with Crippen molar-refractivity contribution in [3.8, 4) is 11.3 Å². The van der Waals surface area contributed by atoms with Crippen LogP contribution in [-0.4, -0.2) is 23.6 Å². The van der Waals surface area contributed by atoms with E-state index < -0.39 is 18.5 Å². The number of anilines is 1. The van der Waals surface area contributed by atoms with Crippen LogP contribution in [-0.2, 0) is 9.53 Å². The van der Waals surface area contributed by atoms with Gasteiger partial charge in [-0.15, -0.1) is 0 Å². The average molecular weight is 385 g/mol. The zero-order valence-electron chi connectivity index (χ0n) is 14.8. The predicted octanol–water partition coefficient (Wildman–Crippen LogP) is 4.41. The van der Waals surface area contributed by atoms with Gasteiger partial charge in [-0.3, -0.25) is 4.79 Å². The summed E-state index contributed by atoms with van der Waals surface area (Å²) in [6, 6.07) is 14.2. The van der Waals surface area contributed by atoms with E-state index in [0.717, 1.165) is 11.1 Å². The number of hydrogen-bond acceptors (Lipinski definition) is 5. The average Bonchev–Trinajstić information content (AvgIpc) is 3.04. The maximum absolute atomic E-state index is 12.5. The van der Waals surface area contributed by atoms with Crippen molar-refractivity contribution < 1.29 is 18.8 Å². The zero-order chi connectivity index (χ0) is 19.4. The molecule has 0 unspecified atom stereocenters. The molecule has 27 heavy (non-hydrogen) atoms. The van der Waals surface area contributed by atoms with Gasteiger partial charge in [0.1, 0.15) is 17.0 Å². The Morgan fingerprint density at radius 2 is 1.89 bits per heavy atom. The number of aromatic nitrogens is 1. The van der Waals surface area contributed by atoms with Crippen LogP contribution in [0.1, 0.15) is 21.7 Å². The minimum absolute atomic E-state index is 0.205. The van der Waals surface area contributed by atoms with E-state index in [1.807, 2.05) is 37.3 Å². The molecule has 6 nitrogen and oxygen atoms in total. The highest BCUT2D eigenvalue weighted by Crippen LogP contribution is 2.25. The molecule has 0 bridgehead atoms. The largest absolute Gasteiger partial charge is 0.452 e. The number of amides is 1. The standard InChI is InChI=1S/C20H17ClN2O4/c1-12-10-15(21)8-9-16(12)22-17(24)11-26-20(25)18-13(2)27-23-19(18)14-6-4-3-5-7-14/h3-10H,11H2,1-2H3,(H,22,24). The summed E-state index contributed by atoms with van der Waals surface area (Å²) in [5.41, 5.74) is 2.72. The number of hydrogen-bond donors (Lipinski definition) is 1. The minimum Gasteiger partial charge on any atom is -0.452 e. The molecule has 2 aromatic carbocycles. The van der Waals surface area contributed by atoms with Crippen LogP contribution in [0.3, 0.4) is 0 Å². The van der Waals surface area contributed by atoms with Gasteiger partial charge in [0.15, 0.2) is 6.61 Å². The van der Waals surface area contributed by atoms with Crippen molar-refractivity contribution in [1.29, 1.82) is 0 Å². The van der Waals surface area contributed by atoms with E-state index in [1.54, 1.807) is 25.1 Å². The first kappa shape index (κ1) is 18.7. The lowest BCUT2D eigenvalue weighted by atomic mass is 10.1. The molecule has 1 amide bonds. The van der Waals surface area contributed by atoms with E-state index in [2.05, 4.69) is 10.5 Å². The van der Waals surface area contributed by atoms with E-state index in [4.69, 9.17) is 20.9 Å². The molecule has 3 rings (SSSR count). The van der Waals surface area contributed by atoms with E-state index in [0.29, 0.717) is 22.2 Å². The van der Waals surface area contributed by atoms with Gasteiger partial charge in [0.2, 0.25) is 0 Å².